The Hall–Kier alpha value is -0.940. The van der Waals surface area contributed by atoms with Gasteiger partial charge >= 0.3 is 0 Å². The Morgan fingerprint density at radius 3 is 2.48 bits per heavy atom. The van der Waals surface area contributed by atoms with Crippen molar-refractivity contribution in [3.63, 3.8) is 0 Å². The van der Waals surface area contributed by atoms with E-state index in [4.69, 9.17) is 0 Å². The van der Waals surface area contributed by atoms with E-state index in [2.05, 4.69) is 37.5 Å². The number of aliphatic hydroxyl groups excluding tert-OH is 2. The summed E-state index contributed by atoms with van der Waals surface area (Å²) in [7, 11) is 0. The first-order valence-corrected chi connectivity index (χ1v) is 13.4. The summed E-state index contributed by atoms with van der Waals surface area (Å²) in [5, 5.41) is 31.0. The fourth-order valence-electron chi connectivity index (χ4n) is 7.98. The van der Waals surface area contributed by atoms with Crippen LogP contribution in [0.25, 0.3) is 0 Å². The molecule has 33 heavy (non-hydrogen) atoms. The quantitative estimate of drug-likeness (QED) is 0.509. The van der Waals surface area contributed by atoms with Gasteiger partial charge in [0.1, 0.15) is 0 Å². The first-order valence-electron chi connectivity index (χ1n) is 13.4. The molecule has 0 radical (unpaired) electrons. The number of fused-ring (bicyclic) bond motifs is 1. The molecule has 7 atom stereocenters. The maximum Gasteiger partial charge on any atom is 0.0809 e. The average molecular weight is 458 g/mol. The van der Waals surface area contributed by atoms with Gasteiger partial charge in [-0.2, -0.15) is 0 Å². The molecule has 1 aliphatic heterocycles. The molecule has 3 saturated carbocycles. The van der Waals surface area contributed by atoms with Gasteiger partial charge in [0.05, 0.1) is 17.8 Å². The molecular formula is C29H47NO3. The van der Waals surface area contributed by atoms with Gasteiger partial charge in [0.2, 0.25) is 0 Å². The Morgan fingerprint density at radius 1 is 1.12 bits per heavy atom. The van der Waals surface area contributed by atoms with E-state index in [-0.39, 0.29) is 6.04 Å². The summed E-state index contributed by atoms with van der Waals surface area (Å²) >= 11 is 0. The number of rotatable bonds is 5. The molecule has 4 aliphatic rings. The second-order valence-corrected chi connectivity index (χ2v) is 12.5. The minimum Gasteiger partial charge on any atom is -0.389 e. The smallest absolute Gasteiger partial charge is 0.0809 e. The molecule has 0 aromatic carbocycles. The van der Waals surface area contributed by atoms with Crippen LogP contribution in [0.4, 0.5) is 0 Å². The van der Waals surface area contributed by atoms with Crippen molar-refractivity contribution in [2.45, 2.75) is 109 Å². The van der Waals surface area contributed by atoms with E-state index >= 15 is 0 Å². The van der Waals surface area contributed by atoms with Crippen LogP contribution in [-0.2, 0) is 0 Å². The maximum absolute atomic E-state index is 10.7. The standard InChI is InChI=1S/C29H47NO3/c1-19(18-30-15-7-9-27(30)28(3,4)33)23-12-13-24-22(8-6-14-29(23,24)5)11-10-21-16-25(31)20(2)26(32)17-21/h10-11,19,23-27,31-33H,2,6-9,12-18H2,1,3-5H3/b22-11+/t19-,23-,24+,25-,26-,27-,29-/m1/s1. The van der Waals surface area contributed by atoms with Crippen LogP contribution in [0.3, 0.4) is 0 Å². The minimum absolute atomic E-state index is 0.288. The van der Waals surface area contributed by atoms with E-state index in [1.165, 1.54) is 38.5 Å². The van der Waals surface area contributed by atoms with Crippen molar-refractivity contribution in [1.29, 1.82) is 0 Å². The topological polar surface area (TPSA) is 63.9 Å². The molecule has 4 heteroatoms. The molecule has 0 aromatic heterocycles. The molecular weight excluding hydrogens is 410 g/mol. The Labute approximate surface area is 201 Å². The minimum atomic E-state index is -0.626. The third-order valence-electron chi connectivity index (χ3n) is 9.73. The lowest BCUT2D eigenvalue weighted by Gasteiger charge is -2.45. The van der Waals surface area contributed by atoms with Crippen LogP contribution in [0.5, 0.6) is 0 Å². The Bertz CT molecular complexity index is 777. The fourth-order valence-corrected chi connectivity index (χ4v) is 7.98. The fraction of sp³-hybridized carbons (Fsp3) is 0.793. The van der Waals surface area contributed by atoms with E-state index < -0.39 is 17.8 Å². The molecule has 4 rings (SSSR count). The van der Waals surface area contributed by atoms with E-state index in [9.17, 15) is 15.3 Å². The number of hydrogen-bond donors (Lipinski definition) is 3. The zero-order valence-electron chi connectivity index (χ0n) is 21.4. The first kappa shape index (κ1) is 25.2. The first-order chi connectivity index (χ1) is 15.5. The van der Waals surface area contributed by atoms with Crippen LogP contribution in [0.15, 0.2) is 35.5 Å². The van der Waals surface area contributed by atoms with E-state index in [0.29, 0.717) is 35.7 Å². The molecule has 0 bridgehead atoms. The van der Waals surface area contributed by atoms with Gasteiger partial charge in [-0.15, -0.1) is 0 Å². The van der Waals surface area contributed by atoms with E-state index in [1.54, 1.807) is 5.57 Å². The van der Waals surface area contributed by atoms with Crippen molar-refractivity contribution in [3.05, 3.63) is 35.5 Å². The van der Waals surface area contributed by atoms with Crippen LogP contribution < -0.4 is 0 Å². The van der Waals surface area contributed by atoms with E-state index in [0.717, 1.165) is 31.0 Å². The number of hydrogen-bond acceptors (Lipinski definition) is 4. The predicted octanol–water partition coefficient (Wildman–Crippen LogP) is 5.00. The SMILES string of the molecule is C=C1[C@H](O)CC(=C/C=C2\CCC[C@]3(C)[C@@H]([C@H](C)CN4CCC[C@@H]4C(C)(C)O)CC[C@@H]23)C[C@H]1O. The molecule has 4 fully saturated rings. The second kappa shape index (κ2) is 9.60. The maximum atomic E-state index is 10.7. The van der Waals surface area contributed by atoms with Gasteiger partial charge in [0.25, 0.3) is 0 Å². The summed E-state index contributed by atoms with van der Waals surface area (Å²) in [6, 6.07) is 0.288. The third kappa shape index (κ3) is 5.05. The molecule has 0 aromatic rings. The highest BCUT2D eigenvalue weighted by Crippen LogP contribution is 2.59. The lowest BCUT2D eigenvalue weighted by atomic mass is 9.61. The molecule has 1 saturated heterocycles. The zero-order chi connectivity index (χ0) is 24.0. The van der Waals surface area contributed by atoms with Gasteiger partial charge in [0, 0.05) is 12.6 Å². The van der Waals surface area contributed by atoms with Crippen LogP contribution in [-0.4, -0.2) is 57.2 Å². The van der Waals surface area contributed by atoms with Gasteiger partial charge in [-0.3, -0.25) is 4.90 Å². The summed E-state index contributed by atoms with van der Waals surface area (Å²) < 4.78 is 0. The number of allylic oxidation sites excluding steroid dienone is 3. The van der Waals surface area contributed by atoms with Crippen molar-refractivity contribution in [2.75, 3.05) is 13.1 Å². The van der Waals surface area contributed by atoms with Crippen LogP contribution >= 0.6 is 0 Å². The van der Waals surface area contributed by atoms with Crippen molar-refractivity contribution in [2.24, 2.45) is 23.2 Å². The van der Waals surface area contributed by atoms with Crippen molar-refractivity contribution >= 4 is 0 Å². The number of likely N-dealkylation sites (tertiary alicyclic amines) is 1. The molecule has 0 amide bonds. The zero-order valence-corrected chi connectivity index (χ0v) is 21.4. The Kier molecular flexibility index (Phi) is 7.32. The highest BCUT2D eigenvalue weighted by molar-refractivity contribution is 5.29. The Morgan fingerprint density at radius 2 is 1.82 bits per heavy atom. The molecule has 0 spiro atoms. The van der Waals surface area contributed by atoms with Gasteiger partial charge in [0.15, 0.2) is 0 Å². The number of aliphatic hydroxyl groups is 3. The molecule has 0 unspecified atom stereocenters. The molecule has 1 heterocycles. The van der Waals surface area contributed by atoms with Crippen LogP contribution in [0, 0.1) is 23.2 Å². The normalized spacial score (nSPS) is 40.3. The average Bonchev–Trinajstić information content (AvgIpc) is 3.34. The molecule has 186 valence electrons. The predicted molar refractivity (Wildman–Crippen MR) is 135 cm³/mol. The lowest BCUT2D eigenvalue weighted by molar-refractivity contribution is -0.0143. The summed E-state index contributed by atoms with van der Waals surface area (Å²) in [4.78, 5) is 2.57. The van der Waals surface area contributed by atoms with Crippen LogP contribution in [0.1, 0.15) is 85.5 Å². The molecule has 3 N–H and O–H groups in total. The monoisotopic (exact) mass is 457 g/mol. The van der Waals surface area contributed by atoms with Gasteiger partial charge in [-0.1, -0.05) is 43.7 Å². The van der Waals surface area contributed by atoms with Gasteiger partial charge < -0.3 is 15.3 Å². The molecule has 3 aliphatic carbocycles. The highest BCUT2D eigenvalue weighted by atomic mass is 16.3. The summed E-state index contributed by atoms with van der Waals surface area (Å²) in [5.41, 5.74) is 3.00. The lowest BCUT2D eigenvalue weighted by Crippen LogP contribution is -2.48. The highest BCUT2D eigenvalue weighted by Gasteiger charge is 2.51. The summed E-state index contributed by atoms with van der Waals surface area (Å²) in [6.45, 7) is 15.0. The van der Waals surface area contributed by atoms with Crippen LogP contribution in [0.2, 0.25) is 0 Å². The Balaban J connectivity index is 1.46. The summed E-state index contributed by atoms with van der Waals surface area (Å²) in [6.07, 6.45) is 13.1. The van der Waals surface area contributed by atoms with Crippen molar-refractivity contribution in [1.82, 2.24) is 4.90 Å². The second-order valence-electron chi connectivity index (χ2n) is 12.5. The van der Waals surface area contributed by atoms with E-state index in [1.807, 2.05) is 13.8 Å². The van der Waals surface area contributed by atoms with Gasteiger partial charge in [-0.25, -0.2) is 0 Å². The number of nitrogens with zero attached hydrogens (tertiary/aromatic N) is 1. The van der Waals surface area contributed by atoms with Gasteiger partial charge in [-0.05, 0) is 107 Å². The third-order valence-corrected chi connectivity index (χ3v) is 9.73. The van der Waals surface area contributed by atoms with Crippen molar-refractivity contribution in [3.8, 4) is 0 Å². The summed E-state index contributed by atoms with van der Waals surface area (Å²) in [5.74, 6) is 2.01. The van der Waals surface area contributed by atoms with Crippen molar-refractivity contribution < 1.29 is 15.3 Å². The largest absolute Gasteiger partial charge is 0.389 e. The molecule has 4 nitrogen and oxygen atoms in total.